The van der Waals surface area contributed by atoms with Crippen LogP contribution in [-0.2, 0) is 0 Å². The van der Waals surface area contributed by atoms with Crippen molar-refractivity contribution < 1.29 is 22.3 Å². The van der Waals surface area contributed by atoms with Crippen molar-refractivity contribution in [1.29, 1.82) is 0 Å². The van der Waals surface area contributed by atoms with Gasteiger partial charge in [-0.1, -0.05) is 0 Å². The van der Waals surface area contributed by atoms with Gasteiger partial charge < -0.3 is 4.74 Å². The first-order chi connectivity index (χ1) is 6.00. The Morgan fingerprint density at radius 3 is 1.85 bits per heavy atom. The summed E-state index contributed by atoms with van der Waals surface area (Å²) in [5.74, 6) is -7.04. The molecule has 0 aliphatic heterocycles. The van der Waals surface area contributed by atoms with Gasteiger partial charge in [0.25, 0.3) is 0 Å². The molecule has 0 fully saturated rings. The molecule has 0 bridgehead atoms. The molecule has 13 heavy (non-hydrogen) atoms. The highest BCUT2D eigenvalue weighted by molar-refractivity contribution is 5.34. The van der Waals surface area contributed by atoms with Crippen molar-refractivity contribution in [1.82, 2.24) is 0 Å². The molecule has 0 unspecified atom stereocenters. The van der Waals surface area contributed by atoms with Crippen molar-refractivity contribution in [2.45, 2.75) is 6.92 Å². The Bertz CT molecular complexity index is 319. The third-order valence-electron chi connectivity index (χ3n) is 1.65. The Morgan fingerprint density at radius 1 is 0.846 bits per heavy atom. The topological polar surface area (TPSA) is 9.23 Å². The molecule has 0 aliphatic rings. The molecule has 1 aromatic carbocycles. The summed E-state index contributed by atoms with van der Waals surface area (Å²) in [6.07, 6.45) is 0. The normalized spacial score (nSPS) is 10.3. The van der Waals surface area contributed by atoms with Gasteiger partial charge in [-0.05, 0) is 6.92 Å². The van der Waals surface area contributed by atoms with Crippen LogP contribution >= 0.6 is 0 Å². The van der Waals surface area contributed by atoms with Crippen LogP contribution in [0.15, 0.2) is 0 Å². The van der Waals surface area contributed by atoms with Crippen molar-refractivity contribution in [3.05, 3.63) is 28.8 Å². The van der Waals surface area contributed by atoms with Crippen molar-refractivity contribution in [2.24, 2.45) is 0 Å². The zero-order valence-electron chi connectivity index (χ0n) is 6.92. The summed E-state index contributed by atoms with van der Waals surface area (Å²) in [6.45, 7) is 0.996. The van der Waals surface area contributed by atoms with Crippen LogP contribution in [0, 0.1) is 30.2 Å². The number of benzene rings is 1. The first kappa shape index (κ1) is 9.83. The summed E-state index contributed by atoms with van der Waals surface area (Å²) in [6, 6.07) is 0. The molecule has 0 aromatic heterocycles. The van der Waals surface area contributed by atoms with Crippen LogP contribution in [0.1, 0.15) is 5.56 Å². The van der Waals surface area contributed by atoms with Gasteiger partial charge in [0.05, 0.1) is 7.11 Å². The lowest BCUT2D eigenvalue weighted by atomic mass is 10.2. The van der Waals surface area contributed by atoms with Crippen molar-refractivity contribution in [2.75, 3.05) is 7.11 Å². The maximum atomic E-state index is 12.9. The summed E-state index contributed by atoms with van der Waals surface area (Å²) in [7, 11) is 0.971. The van der Waals surface area contributed by atoms with E-state index in [4.69, 9.17) is 0 Å². The fraction of sp³-hybridized carbons (Fsp3) is 0.250. The van der Waals surface area contributed by atoms with Crippen LogP contribution in [0.4, 0.5) is 17.6 Å². The van der Waals surface area contributed by atoms with Gasteiger partial charge in [-0.3, -0.25) is 0 Å². The highest BCUT2D eigenvalue weighted by atomic mass is 19.2. The number of hydrogen-bond acceptors (Lipinski definition) is 1. The van der Waals surface area contributed by atoms with Crippen LogP contribution in [-0.4, -0.2) is 7.11 Å². The molecular weight excluding hydrogens is 188 g/mol. The predicted molar refractivity (Wildman–Crippen MR) is 37.6 cm³/mol. The lowest BCUT2D eigenvalue weighted by molar-refractivity contribution is 0.332. The highest BCUT2D eigenvalue weighted by Gasteiger charge is 2.23. The van der Waals surface area contributed by atoms with E-state index >= 15 is 0 Å². The predicted octanol–water partition coefficient (Wildman–Crippen LogP) is 2.56. The van der Waals surface area contributed by atoms with Gasteiger partial charge in [0.2, 0.25) is 5.82 Å². The Balaban J connectivity index is 3.56. The number of methoxy groups -OCH3 is 1. The van der Waals surface area contributed by atoms with Crippen LogP contribution in [0.2, 0.25) is 0 Å². The maximum Gasteiger partial charge on any atom is 0.206 e. The molecule has 0 saturated carbocycles. The first-order valence-corrected chi connectivity index (χ1v) is 3.37. The quantitative estimate of drug-likeness (QED) is 0.379. The van der Waals surface area contributed by atoms with Crippen LogP contribution in [0.5, 0.6) is 5.75 Å². The fourth-order valence-corrected chi connectivity index (χ4v) is 0.903. The van der Waals surface area contributed by atoms with Gasteiger partial charge in [-0.25, -0.2) is 13.2 Å². The molecule has 1 rings (SSSR count). The molecule has 0 N–H and O–H groups in total. The van der Waals surface area contributed by atoms with Gasteiger partial charge in [0.15, 0.2) is 23.2 Å². The lowest BCUT2D eigenvalue weighted by Gasteiger charge is -2.07. The van der Waals surface area contributed by atoms with Gasteiger partial charge in [0, 0.05) is 5.56 Å². The molecule has 0 atom stereocenters. The Morgan fingerprint density at radius 2 is 1.38 bits per heavy atom. The summed E-state index contributed by atoms with van der Waals surface area (Å²) in [5, 5.41) is 0. The SMILES string of the molecule is COc1c(F)c(C)c(F)c(F)c1F. The first-order valence-electron chi connectivity index (χ1n) is 3.37. The maximum absolute atomic E-state index is 12.9. The van der Waals surface area contributed by atoms with Gasteiger partial charge in [-0.15, -0.1) is 0 Å². The Labute approximate surface area is 71.9 Å². The smallest absolute Gasteiger partial charge is 0.206 e. The van der Waals surface area contributed by atoms with E-state index in [0.29, 0.717) is 0 Å². The van der Waals surface area contributed by atoms with E-state index in [1.54, 1.807) is 0 Å². The molecule has 0 spiro atoms. The van der Waals surface area contributed by atoms with E-state index < -0.39 is 34.6 Å². The lowest BCUT2D eigenvalue weighted by Crippen LogP contribution is -2.03. The van der Waals surface area contributed by atoms with E-state index in [2.05, 4.69) is 4.74 Å². The molecular formula is C8H6F4O. The molecule has 0 heterocycles. The zero-order chi connectivity index (χ0) is 10.2. The highest BCUT2D eigenvalue weighted by Crippen LogP contribution is 2.28. The summed E-state index contributed by atoms with van der Waals surface area (Å²) < 4.78 is 55.2. The minimum atomic E-state index is -1.73. The molecule has 0 amide bonds. The third-order valence-corrected chi connectivity index (χ3v) is 1.65. The van der Waals surface area contributed by atoms with Crippen molar-refractivity contribution in [3.63, 3.8) is 0 Å². The van der Waals surface area contributed by atoms with Crippen LogP contribution in [0.3, 0.4) is 0 Å². The molecule has 0 saturated heterocycles. The second-order valence-electron chi connectivity index (χ2n) is 2.41. The largest absolute Gasteiger partial charge is 0.491 e. The van der Waals surface area contributed by atoms with E-state index in [1.165, 1.54) is 0 Å². The molecule has 72 valence electrons. The van der Waals surface area contributed by atoms with E-state index in [9.17, 15) is 17.6 Å². The minimum absolute atomic E-state index is 0.601. The van der Waals surface area contributed by atoms with Gasteiger partial charge >= 0.3 is 0 Å². The molecule has 1 nitrogen and oxygen atoms in total. The molecule has 0 radical (unpaired) electrons. The van der Waals surface area contributed by atoms with Crippen LogP contribution in [0.25, 0.3) is 0 Å². The standard InChI is InChI=1S/C8H6F4O/c1-3-4(9)6(11)7(12)8(13-2)5(3)10/h1-2H3. The van der Waals surface area contributed by atoms with Crippen molar-refractivity contribution in [3.8, 4) is 5.75 Å². The number of rotatable bonds is 1. The number of hydrogen-bond donors (Lipinski definition) is 0. The fourth-order valence-electron chi connectivity index (χ4n) is 0.903. The molecule has 1 aromatic rings. The van der Waals surface area contributed by atoms with Crippen molar-refractivity contribution >= 4 is 0 Å². The second-order valence-corrected chi connectivity index (χ2v) is 2.41. The van der Waals surface area contributed by atoms with Gasteiger partial charge in [-0.2, -0.15) is 4.39 Å². The molecule has 0 aliphatic carbocycles. The second kappa shape index (κ2) is 3.24. The van der Waals surface area contributed by atoms with E-state index in [-0.39, 0.29) is 0 Å². The van der Waals surface area contributed by atoms with Crippen LogP contribution < -0.4 is 4.74 Å². The monoisotopic (exact) mass is 194 g/mol. The number of ether oxygens (including phenoxy) is 1. The van der Waals surface area contributed by atoms with Gasteiger partial charge in [0.1, 0.15) is 0 Å². The Kier molecular flexibility index (Phi) is 2.45. The van der Waals surface area contributed by atoms with E-state index in [0.717, 1.165) is 14.0 Å². The third kappa shape index (κ3) is 1.34. The average Bonchev–Trinajstić information content (AvgIpc) is 2.13. The summed E-state index contributed by atoms with van der Waals surface area (Å²) >= 11 is 0. The van der Waals surface area contributed by atoms with E-state index in [1.807, 2.05) is 0 Å². The average molecular weight is 194 g/mol. The Hall–Kier alpha value is -1.26. The summed E-state index contributed by atoms with van der Waals surface area (Å²) in [4.78, 5) is 0. The zero-order valence-corrected chi connectivity index (χ0v) is 6.92. The molecule has 5 heteroatoms. The summed E-state index contributed by atoms with van der Waals surface area (Å²) in [5.41, 5.74) is -0.601. The minimum Gasteiger partial charge on any atom is -0.491 e. The number of halogens is 4.